The number of rotatable bonds is 6. The normalized spacial score (nSPS) is 13.7. The van der Waals surface area contributed by atoms with Gasteiger partial charge in [0.25, 0.3) is 0 Å². The summed E-state index contributed by atoms with van der Waals surface area (Å²) in [5.74, 6) is -0.228. The first kappa shape index (κ1) is 19.7. The van der Waals surface area contributed by atoms with Gasteiger partial charge in [-0.2, -0.15) is 0 Å². The number of aliphatic hydroxyl groups excluding tert-OH is 1. The molecule has 0 bridgehead atoms. The van der Waals surface area contributed by atoms with E-state index in [-0.39, 0.29) is 30.5 Å². The van der Waals surface area contributed by atoms with Gasteiger partial charge in [-0.05, 0) is 50.2 Å². The van der Waals surface area contributed by atoms with Gasteiger partial charge >= 0.3 is 5.97 Å². The Bertz CT molecular complexity index is 489. The van der Waals surface area contributed by atoms with Crippen LogP contribution in [0.5, 0.6) is 0 Å². The fourth-order valence-electron chi connectivity index (χ4n) is 2.18. The van der Waals surface area contributed by atoms with Gasteiger partial charge in [-0.15, -0.1) is 0 Å². The summed E-state index contributed by atoms with van der Waals surface area (Å²) in [5, 5.41) is 9.48. The smallest absolute Gasteiger partial charge is 0.311 e. The Morgan fingerprint density at radius 3 is 2.09 bits per heavy atom. The van der Waals surface area contributed by atoms with E-state index in [2.05, 4.69) is 45.0 Å². The molecular weight excluding hydrogens is 288 g/mol. The van der Waals surface area contributed by atoms with E-state index in [1.807, 2.05) is 20.8 Å². The lowest BCUT2D eigenvalue weighted by atomic mass is 9.86. The Morgan fingerprint density at radius 1 is 1.09 bits per heavy atom. The van der Waals surface area contributed by atoms with E-state index < -0.39 is 5.41 Å². The number of aliphatic hydroxyl groups is 1. The molecule has 1 atom stereocenters. The summed E-state index contributed by atoms with van der Waals surface area (Å²) in [4.78, 5) is 11.8. The number of benzene rings is 1. The molecule has 0 amide bonds. The molecule has 0 aliphatic carbocycles. The van der Waals surface area contributed by atoms with Crippen molar-refractivity contribution < 1.29 is 14.6 Å². The predicted molar refractivity (Wildman–Crippen MR) is 94.5 cm³/mol. The molecule has 1 aromatic rings. The van der Waals surface area contributed by atoms with Crippen molar-refractivity contribution in [3.05, 3.63) is 35.4 Å². The highest BCUT2D eigenvalue weighted by Gasteiger charge is 2.24. The van der Waals surface area contributed by atoms with E-state index in [0.29, 0.717) is 0 Å². The van der Waals surface area contributed by atoms with Gasteiger partial charge in [0.2, 0.25) is 0 Å². The zero-order chi connectivity index (χ0) is 17.7. The van der Waals surface area contributed by atoms with E-state index in [9.17, 15) is 9.90 Å². The fourth-order valence-corrected chi connectivity index (χ4v) is 2.18. The highest BCUT2D eigenvalue weighted by atomic mass is 16.5. The first-order chi connectivity index (χ1) is 10.5. The Labute approximate surface area is 141 Å². The van der Waals surface area contributed by atoms with Crippen molar-refractivity contribution in [1.29, 1.82) is 0 Å². The molecule has 0 aromatic heterocycles. The molecule has 1 aromatic carbocycles. The van der Waals surface area contributed by atoms with Gasteiger partial charge in [0.15, 0.2) is 0 Å². The fraction of sp³-hybridized carbons (Fsp3) is 0.650. The second-order valence-electron chi connectivity index (χ2n) is 8.38. The van der Waals surface area contributed by atoms with Crippen LogP contribution in [0.2, 0.25) is 0 Å². The number of ether oxygens (including phenoxy) is 1. The first-order valence-corrected chi connectivity index (χ1v) is 8.41. The zero-order valence-corrected chi connectivity index (χ0v) is 15.5. The van der Waals surface area contributed by atoms with Crippen LogP contribution in [0.3, 0.4) is 0 Å². The van der Waals surface area contributed by atoms with Crippen LogP contribution in [-0.2, 0) is 21.4 Å². The van der Waals surface area contributed by atoms with E-state index >= 15 is 0 Å². The van der Waals surface area contributed by atoms with Crippen LogP contribution in [0.15, 0.2) is 24.3 Å². The van der Waals surface area contributed by atoms with Crippen molar-refractivity contribution in [2.24, 2.45) is 11.3 Å². The minimum absolute atomic E-state index is 0.0106. The molecule has 0 fully saturated rings. The molecule has 0 radical (unpaired) electrons. The topological polar surface area (TPSA) is 46.5 Å². The van der Waals surface area contributed by atoms with E-state index in [4.69, 9.17) is 4.74 Å². The van der Waals surface area contributed by atoms with Crippen molar-refractivity contribution in [2.45, 2.75) is 59.8 Å². The quantitative estimate of drug-likeness (QED) is 0.802. The van der Waals surface area contributed by atoms with Gasteiger partial charge in [-0.3, -0.25) is 4.79 Å². The molecule has 0 aliphatic heterocycles. The van der Waals surface area contributed by atoms with Crippen molar-refractivity contribution in [3.8, 4) is 0 Å². The Balaban J connectivity index is 2.50. The summed E-state index contributed by atoms with van der Waals surface area (Å²) in [6.45, 7) is 12.4. The predicted octanol–water partition coefficient (Wildman–Crippen LogP) is 4.11. The van der Waals surface area contributed by atoms with E-state index in [1.54, 1.807) is 0 Å². The highest BCUT2D eigenvalue weighted by molar-refractivity contribution is 5.75. The molecule has 0 heterocycles. The standard InChI is InChI=1S/C20H32O3/c1-19(2,3)17-11-9-15(10-12-17)7-8-16(13-21)14-23-18(22)20(4,5)6/h9-12,16,21H,7-8,13-14H2,1-6H3. The number of hydrogen-bond donors (Lipinski definition) is 1. The molecule has 23 heavy (non-hydrogen) atoms. The Morgan fingerprint density at radius 2 is 1.65 bits per heavy atom. The lowest BCUT2D eigenvalue weighted by molar-refractivity contribution is -0.154. The number of carbonyl (C=O) groups excluding carboxylic acids is 1. The van der Waals surface area contributed by atoms with Gasteiger partial charge in [0, 0.05) is 12.5 Å². The molecule has 0 spiro atoms. The van der Waals surface area contributed by atoms with Crippen molar-refractivity contribution in [1.82, 2.24) is 0 Å². The van der Waals surface area contributed by atoms with E-state index in [0.717, 1.165) is 12.8 Å². The van der Waals surface area contributed by atoms with Crippen LogP contribution in [0.1, 0.15) is 59.1 Å². The number of aryl methyl sites for hydroxylation is 1. The summed E-state index contributed by atoms with van der Waals surface area (Å²) < 4.78 is 5.31. The summed E-state index contributed by atoms with van der Waals surface area (Å²) in [5.41, 5.74) is 2.23. The van der Waals surface area contributed by atoms with Gasteiger partial charge in [0.05, 0.1) is 12.0 Å². The molecule has 3 nitrogen and oxygen atoms in total. The van der Waals surface area contributed by atoms with Crippen LogP contribution in [-0.4, -0.2) is 24.3 Å². The van der Waals surface area contributed by atoms with E-state index in [1.165, 1.54) is 11.1 Å². The maximum Gasteiger partial charge on any atom is 0.311 e. The third-order valence-corrected chi connectivity index (χ3v) is 3.98. The average Bonchev–Trinajstić information content (AvgIpc) is 2.45. The van der Waals surface area contributed by atoms with Gasteiger partial charge in [-0.1, -0.05) is 45.0 Å². The summed E-state index contributed by atoms with van der Waals surface area (Å²) in [7, 11) is 0. The second-order valence-corrected chi connectivity index (χ2v) is 8.38. The van der Waals surface area contributed by atoms with Crippen LogP contribution >= 0.6 is 0 Å². The molecule has 0 saturated carbocycles. The largest absolute Gasteiger partial charge is 0.465 e. The van der Waals surface area contributed by atoms with Gasteiger partial charge in [-0.25, -0.2) is 0 Å². The summed E-state index contributed by atoms with van der Waals surface area (Å²) >= 11 is 0. The highest BCUT2D eigenvalue weighted by Crippen LogP contribution is 2.23. The van der Waals surface area contributed by atoms with Crippen LogP contribution < -0.4 is 0 Å². The number of hydrogen-bond acceptors (Lipinski definition) is 3. The molecule has 0 aliphatic rings. The van der Waals surface area contributed by atoms with Crippen LogP contribution in [0.25, 0.3) is 0 Å². The van der Waals surface area contributed by atoms with Crippen LogP contribution in [0, 0.1) is 11.3 Å². The molecule has 1 rings (SSSR count). The maximum atomic E-state index is 11.8. The van der Waals surface area contributed by atoms with Gasteiger partial charge in [0.1, 0.15) is 0 Å². The summed E-state index contributed by atoms with van der Waals surface area (Å²) in [6.07, 6.45) is 1.69. The monoisotopic (exact) mass is 320 g/mol. The zero-order valence-electron chi connectivity index (χ0n) is 15.5. The molecule has 1 unspecified atom stereocenters. The maximum absolute atomic E-state index is 11.8. The van der Waals surface area contributed by atoms with Crippen molar-refractivity contribution in [3.63, 3.8) is 0 Å². The molecule has 0 saturated heterocycles. The molecule has 3 heteroatoms. The SMILES string of the molecule is CC(C)(C)C(=O)OCC(CO)CCc1ccc(C(C)(C)C)cc1. The lowest BCUT2D eigenvalue weighted by Gasteiger charge is -2.21. The van der Waals surface area contributed by atoms with Crippen molar-refractivity contribution in [2.75, 3.05) is 13.2 Å². The average molecular weight is 320 g/mol. The minimum Gasteiger partial charge on any atom is -0.465 e. The van der Waals surface area contributed by atoms with Gasteiger partial charge < -0.3 is 9.84 Å². The third kappa shape index (κ3) is 6.74. The second kappa shape index (κ2) is 7.96. The lowest BCUT2D eigenvalue weighted by Crippen LogP contribution is -2.26. The first-order valence-electron chi connectivity index (χ1n) is 8.41. The molecule has 1 N–H and O–H groups in total. The summed E-state index contributed by atoms with van der Waals surface area (Å²) in [6, 6.07) is 8.64. The number of carbonyl (C=O) groups is 1. The third-order valence-electron chi connectivity index (χ3n) is 3.98. The number of esters is 1. The minimum atomic E-state index is -0.497. The van der Waals surface area contributed by atoms with Crippen molar-refractivity contribution >= 4 is 5.97 Å². The molecular formula is C20H32O3. The Hall–Kier alpha value is -1.35. The molecule has 130 valence electrons. The van der Waals surface area contributed by atoms with Crippen LogP contribution in [0.4, 0.5) is 0 Å². The Kier molecular flexibility index (Phi) is 6.82.